The zero-order chi connectivity index (χ0) is 18.5. The van der Waals surface area contributed by atoms with Crippen molar-refractivity contribution in [2.45, 2.75) is 61.9 Å². The SMILES string of the molecule is C[C@H](Sc1nnc(-c2cccc(Cl)c2)n1N)C(=O)NC1CCCCCC1. The maximum absolute atomic E-state index is 12.5. The van der Waals surface area contributed by atoms with Crippen molar-refractivity contribution < 1.29 is 4.79 Å². The number of thioether (sulfide) groups is 1. The number of aromatic nitrogens is 3. The van der Waals surface area contributed by atoms with Gasteiger partial charge in [0, 0.05) is 16.6 Å². The van der Waals surface area contributed by atoms with Gasteiger partial charge in [-0.05, 0) is 31.9 Å². The summed E-state index contributed by atoms with van der Waals surface area (Å²) in [6, 6.07) is 7.56. The first-order valence-corrected chi connectivity index (χ1v) is 10.2. The first-order chi connectivity index (χ1) is 12.5. The summed E-state index contributed by atoms with van der Waals surface area (Å²) in [7, 11) is 0. The van der Waals surface area contributed by atoms with Crippen LogP contribution in [0.1, 0.15) is 45.4 Å². The van der Waals surface area contributed by atoms with E-state index in [-0.39, 0.29) is 17.2 Å². The van der Waals surface area contributed by atoms with Gasteiger partial charge in [0.25, 0.3) is 0 Å². The molecule has 1 aromatic heterocycles. The van der Waals surface area contributed by atoms with E-state index < -0.39 is 0 Å². The van der Waals surface area contributed by atoms with Crippen LogP contribution in [0.4, 0.5) is 0 Å². The summed E-state index contributed by atoms with van der Waals surface area (Å²) in [6.45, 7) is 1.87. The Labute approximate surface area is 162 Å². The van der Waals surface area contributed by atoms with Crippen LogP contribution in [0.2, 0.25) is 5.02 Å². The van der Waals surface area contributed by atoms with Gasteiger partial charge < -0.3 is 11.2 Å². The molecule has 1 aliphatic rings. The van der Waals surface area contributed by atoms with Gasteiger partial charge in [-0.1, -0.05) is 61.2 Å². The maximum atomic E-state index is 12.5. The number of carbonyl (C=O) groups is 1. The van der Waals surface area contributed by atoms with Crippen LogP contribution >= 0.6 is 23.4 Å². The molecule has 2 aromatic rings. The number of rotatable bonds is 5. The Morgan fingerprint density at radius 2 is 2.04 bits per heavy atom. The van der Waals surface area contributed by atoms with Crippen LogP contribution in [0.15, 0.2) is 29.4 Å². The van der Waals surface area contributed by atoms with Crippen molar-refractivity contribution >= 4 is 29.3 Å². The summed E-state index contributed by atoms with van der Waals surface area (Å²) < 4.78 is 1.41. The fourth-order valence-corrected chi connectivity index (χ4v) is 4.11. The molecule has 3 rings (SSSR count). The highest BCUT2D eigenvalue weighted by Gasteiger charge is 2.22. The van der Waals surface area contributed by atoms with Crippen molar-refractivity contribution in [3.05, 3.63) is 29.3 Å². The molecule has 1 aliphatic carbocycles. The van der Waals surface area contributed by atoms with Crippen molar-refractivity contribution in [1.29, 1.82) is 0 Å². The van der Waals surface area contributed by atoms with Crippen LogP contribution in [0, 0.1) is 0 Å². The Bertz CT molecular complexity index is 758. The van der Waals surface area contributed by atoms with Gasteiger partial charge in [0.2, 0.25) is 11.1 Å². The Kier molecular flexibility index (Phi) is 6.43. The second kappa shape index (κ2) is 8.77. The molecular weight excluding hydrogens is 370 g/mol. The molecule has 0 spiro atoms. The van der Waals surface area contributed by atoms with Crippen molar-refractivity contribution in [2.24, 2.45) is 0 Å². The average Bonchev–Trinajstić information content (AvgIpc) is 2.82. The third-order valence-corrected chi connectivity index (χ3v) is 5.89. The second-order valence-corrected chi connectivity index (χ2v) is 8.39. The number of amides is 1. The standard InChI is InChI=1S/C18H24ClN5OS/c1-12(17(25)21-15-9-4-2-3-5-10-15)26-18-23-22-16(24(18)20)13-7-6-8-14(19)11-13/h6-8,11-12,15H,2-5,9-10,20H2,1H3,(H,21,25)/t12-/m0/s1. The van der Waals surface area contributed by atoms with Gasteiger partial charge >= 0.3 is 0 Å². The summed E-state index contributed by atoms with van der Waals surface area (Å²) in [5.41, 5.74) is 0.787. The molecule has 0 unspecified atom stereocenters. The molecule has 0 bridgehead atoms. The molecule has 140 valence electrons. The third-order valence-electron chi connectivity index (χ3n) is 4.60. The maximum Gasteiger partial charge on any atom is 0.233 e. The van der Waals surface area contributed by atoms with Gasteiger partial charge in [0.15, 0.2) is 5.82 Å². The number of nitrogens with one attached hydrogen (secondary N) is 1. The molecule has 0 radical (unpaired) electrons. The van der Waals surface area contributed by atoms with Crippen LogP contribution in [0.5, 0.6) is 0 Å². The summed E-state index contributed by atoms with van der Waals surface area (Å²) in [4.78, 5) is 12.5. The smallest absolute Gasteiger partial charge is 0.233 e. The lowest BCUT2D eigenvalue weighted by Crippen LogP contribution is -2.39. The van der Waals surface area contributed by atoms with E-state index in [0.29, 0.717) is 16.0 Å². The fourth-order valence-electron chi connectivity index (χ4n) is 3.14. The first-order valence-electron chi connectivity index (χ1n) is 8.98. The lowest BCUT2D eigenvalue weighted by Gasteiger charge is -2.19. The van der Waals surface area contributed by atoms with Gasteiger partial charge in [-0.15, -0.1) is 10.2 Å². The van der Waals surface area contributed by atoms with Crippen molar-refractivity contribution in [3.8, 4) is 11.4 Å². The topological polar surface area (TPSA) is 85.8 Å². The molecule has 1 saturated carbocycles. The van der Waals surface area contributed by atoms with E-state index in [2.05, 4.69) is 15.5 Å². The molecule has 0 aliphatic heterocycles. The summed E-state index contributed by atoms with van der Waals surface area (Å²) >= 11 is 7.34. The molecule has 0 saturated heterocycles. The minimum atomic E-state index is -0.294. The molecule has 3 N–H and O–H groups in total. The van der Waals surface area contributed by atoms with Crippen LogP contribution in [-0.2, 0) is 4.79 Å². The third kappa shape index (κ3) is 4.71. The van der Waals surface area contributed by atoms with E-state index >= 15 is 0 Å². The van der Waals surface area contributed by atoms with Gasteiger partial charge in [0.05, 0.1) is 5.25 Å². The summed E-state index contributed by atoms with van der Waals surface area (Å²) in [5.74, 6) is 6.68. The number of nitrogens with two attached hydrogens (primary N) is 1. The zero-order valence-corrected chi connectivity index (χ0v) is 16.4. The zero-order valence-electron chi connectivity index (χ0n) is 14.8. The molecule has 6 nitrogen and oxygen atoms in total. The number of nitrogens with zero attached hydrogens (tertiary/aromatic N) is 3. The van der Waals surface area contributed by atoms with Crippen molar-refractivity contribution in [3.63, 3.8) is 0 Å². The predicted octanol–water partition coefficient (Wildman–Crippen LogP) is 3.63. The highest BCUT2D eigenvalue weighted by atomic mass is 35.5. The Balaban J connectivity index is 1.64. The van der Waals surface area contributed by atoms with Crippen LogP contribution in [0.3, 0.4) is 0 Å². The summed E-state index contributed by atoms with van der Waals surface area (Å²) in [5, 5.41) is 12.3. The lowest BCUT2D eigenvalue weighted by molar-refractivity contribution is -0.121. The normalized spacial score (nSPS) is 16.8. The van der Waals surface area contributed by atoms with Crippen LogP contribution in [-0.4, -0.2) is 32.1 Å². The van der Waals surface area contributed by atoms with E-state index in [1.54, 1.807) is 12.1 Å². The highest BCUT2D eigenvalue weighted by Crippen LogP contribution is 2.26. The molecule has 26 heavy (non-hydrogen) atoms. The molecule has 8 heteroatoms. The monoisotopic (exact) mass is 393 g/mol. The van der Waals surface area contributed by atoms with Gasteiger partial charge in [-0.3, -0.25) is 4.79 Å². The number of hydrogen-bond acceptors (Lipinski definition) is 5. The molecule has 1 fully saturated rings. The van der Waals surface area contributed by atoms with Crippen molar-refractivity contribution in [1.82, 2.24) is 20.2 Å². The van der Waals surface area contributed by atoms with Crippen LogP contribution in [0.25, 0.3) is 11.4 Å². The summed E-state index contributed by atoms with van der Waals surface area (Å²) in [6.07, 6.45) is 7.03. The van der Waals surface area contributed by atoms with E-state index in [1.165, 1.54) is 42.1 Å². The van der Waals surface area contributed by atoms with E-state index in [9.17, 15) is 4.79 Å². The van der Waals surface area contributed by atoms with Crippen molar-refractivity contribution in [2.75, 3.05) is 5.84 Å². The highest BCUT2D eigenvalue weighted by molar-refractivity contribution is 8.00. The number of hydrogen-bond donors (Lipinski definition) is 2. The van der Waals surface area contributed by atoms with Crippen LogP contribution < -0.4 is 11.2 Å². The molecular formula is C18H24ClN5OS. The number of benzene rings is 1. The lowest BCUT2D eigenvalue weighted by atomic mass is 10.1. The Hall–Kier alpha value is -1.73. The van der Waals surface area contributed by atoms with Gasteiger partial charge in [0.1, 0.15) is 0 Å². The molecule has 1 aromatic carbocycles. The second-order valence-electron chi connectivity index (χ2n) is 6.64. The van der Waals surface area contributed by atoms with E-state index in [1.807, 2.05) is 19.1 Å². The fraction of sp³-hybridized carbons (Fsp3) is 0.500. The number of nitrogen functional groups attached to an aromatic ring is 1. The number of halogens is 1. The van der Waals surface area contributed by atoms with Gasteiger partial charge in [-0.2, -0.15) is 0 Å². The Morgan fingerprint density at radius 3 is 2.73 bits per heavy atom. The molecule has 1 atom stereocenters. The number of carbonyl (C=O) groups excluding carboxylic acids is 1. The quantitative estimate of drug-likeness (QED) is 0.460. The van der Waals surface area contributed by atoms with E-state index in [0.717, 1.165) is 18.4 Å². The largest absolute Gasteiger partial charge is 0.352 e. The minimum absolute atomic E-state index is 0.0224. The minimum Gasteiger partial charge on any atom is -0.352 e. The average molecular weight is 394 g/mol. The van der Waals surface area contributed by atoms with E-state index in [4.69, 9.17) is 17.4 Å². The first kappa shape index (κ1) is 19.0. The Morgan fingerprint density at radius 1 is 1.31 bits per heavy atom. The molecule has 1 heterocycles. The van der Waals surface area contributed by atoms with Gasteiger partial charge in [-0.25, -0.2) is 4.68 Å². The molecule has 1 amide bonds. The predicted molar refractivity (Wildman–Crippen MR) is 106 cm³/mol.